The number of halogens is 1. The summed E-state index contributed by atoms with van der Waals surface area (Å²) in [4.78, 5) is 23.6. The van der Waals surface area contributed by atoms with Crippen molar-refractivity contribution in [3.05, 3.63) is 78.1 Å². The highest BCUT2D eigenvalue weighted by Crippen LogP contribution is 2.22. The minimum absolute atomic E-state index is 0.216. The maximum Gasteiger partial charge on any atom is 0.276 e. The standard InChI is InChI=1S/C21H23FN4O/c1-3-25(4-2)18-9-5-16(6-10-18)14-26(19-11-7-17(22)8-12-19)21(27)20-13-23-15-24-20/h5-13,15H,3-4,14H2,1-2H3,(H,23,24). The number of hydrogen-bond acceptors (Lipinski definition) is 3. The van der Waals surface area contributed by atoms with Crippen LogP contribution in [0.3, 0.4) is 0 Å². The van der Waals surface area contributed by atoms with Gasteiger partial charge in [0.05, 0.1) is 19.1 Å². The zero-order chi connectivity index (χ0) is 19.2. The van der Waals surface area contributed by atoms with Crippen LogP contribution in [-0.2, 0) is 6.54 Å². The van der Waals surface area contributed by atoms with Crippen LogP contribution in [0.25, 0.3) is 0 Å². The first-order valence-electron chi connectivity index (χ1n) is 9.02. The van der Waals surface area contributed by atoms with Crippen LogP contribution in [0.15, 0.2) is 61.1 Å². The molecular weight excluding hydrogens is 343 g/mol. The molecule has 1 aromatic heterocycles. The molecule has 1 N–H and O–H groups in total. The van der Waals surface area contributed by atoms with Crippen molar-refractivity contribution in [3.63, 3.8) is 0 Å². The molecule has 6 heteroatoms. The zero-order valence-electron chi connectivity index (χ0n) is 15.5. The van der Waals surface area contributed by atoms with Crippen LogP contribution in [0.1, 0.15) is 29.9 Å². The third kappa shape index (κ3) is 4.34. The topological polar surface area (TPSA) is 52.2 Å². The number of aromatic amines is 1. The maximum absolute atomic E-state index is 13.3. The Morgan fingerprint density at radius 1 is 1.00 bits per heavy atom. The highest BCUT2D eigenvalue weighted by Gasteiger charge is 2.19. The number of imidazole rings is 1. The van der Waals surface area contributed by atoms with Gasteiger partial charge in [0.25, 0.3) is 5.91 Å². The first-order chi connectivity index (χ1) is 13.1. The van der Waals surface area contributed by atoms with E-state index < -0.39 is 0 Å². The number of carbonyl (C=O) groups excluding carboxylic acids is 1. The van der Waals surface area contributed by atoms with Crippen molar-refractivity contribution in [1.29, 1.82) is 0 Å². The minimum Gasteiger partial charge on any atom is -0.372 e. The van der Waals surface area contributed by atoms with Gasteiger partial charge in [-0.2, -0.15) is 0 Å². The van der Waals surface area contributed by atoms with Gasteiger partial charge in [-0.25, -0.2) is 9.37 Å². The maximum atomic E-state index is 13.3. The molecule has 0 bridgehead atoms. The van der Waals surface area contributed by atoms with E-state index in [1.807, 2.05) is 12.1 Å². The van der Waals surface area contributed by atoms with Crippen LogP contribution in [0.2, 0.25) is 0 Å². The predicted molar refractivity (Wildman–Crippen MR) is 106 cm³/mol. The average molecular weight is 366 g/mol. The van der Waals surface area contributed by atoms with E-state index in [-0.39, 0.29) is 11.7 Å². The van der Waals surface area contributed by atoms with Crippen molar-refractivity contribution in [2.24, 2.45) is 0 Å². The Labute approximate surface area is 158 Å². The molecule has 3 aromatic rings. The largest absolute Gasteiger partial charge is 0.372 e. The van der Waals surface area contributed by atoms with Crippen molar-refractivity contribution in [1.82, 2.24) is 9.97 Å². The molecule has 0 aliphatic heterocycles. The second kappa shape index (κ2) is 8.49. The summed E-state index contributed by atoms with van der Waals surface area (Å²) in [6, 6.07) is 14.1. The summed E-state index contributed by atoms with van der Waals surface area (Å²) in [6.45, 7) is 6.50. The molecule has 140 valence electrons. The molecule has 0 aliphatic rings. The molecule has 0 unspecified atom stereocenters. The number of carbonyl (C=O) groups is 1. The van der Waals surface area contributed by atoms with Crippen molar-refractivity contribution in [2.75, 3.05) is 22.9 Å². The van der Waals surface area contributed by atoms with Crippen molar-refractivity contribution >= 4 is 17.3 Å². The smallest absolute Gasteiger partial charge is 0.276 e. The molecule has 0 aliphatic carbocycles. The summed E-state index contributed by atoms with van der Waals surface area (Å²) in [7, 11) is 0. The van der Waals surface area contributed by atoms with E-state index in [0.29, 0.717) is 17.9 Å². The van der Waals surface area contributed by atoms with E-state index >= 15 is 0 Å². The van der Waals surface area contributed by atoms with E-state index in [1.54, 1.807) is 17.0 Å². The summed E-state index contributed by atoms with van der Waals surface area (Å²) in [5, 5.41) is 0. The van der Waals surface area contributed by atoms with Crippen molar-refractivity contribution < 1.29 is 9.18 Å². The van der Waals surface area contributed by atoms with Gasteiger partial charge in [-0.15, -0.1) is 0 Å². The van der Waals surface area contributed by atoms with Gasteiger partial charge < -0.3 is 14.8 Å². The fraction of sp³-hybridized carbons (Fsp3) is 0.238. The lowest BCUT2D eigenvalue weighted by atomic mass is 10.1. The van der Waals surface area contributed by atoms with Gasteiger partial charge in [-0.05, 0) is 55.8 Å². The van der Waals surface area contributed by atoms with Gasteiger partial charge >= 0.3 is 0 Å². The first-order valence-corrected chi connectivity index (χ1v) is 9.02. The molecule has 0 saturated heterocycles. The number of nitrogens with one attached hydrogen (secondary N) is 1. The number of H-pyrrole nitrogens is 1. The van der Waals surface area contributed by atoms with Gasteiger partial charge in [-0.1, -0.05) is 12.1 Å². The summed E-state index contributed by atoms with van der Waals surface area (Å²) in [5.74, 6) is -0.553. The van der Waals surface area contributed by atoms with Crippen LogP contribution in [-0.4, -0.2) is 29.0 Å². The van der Waals surface area contributed by atoms with Gasteiger partial charge in [0, 0.05) is 24.5 Å². The van der Waals surface area contributed by atoms with Gasteiger partial charge in [0.1, 0.15) is 11.5 Å². The normalized spacial score (nSPS) is 10.6. The Kier molecular flexibility index (Phi) is 5.86. The molecule has 2 aromatic carbocycles. The summed E-state index contributed by atoms with van der Waals surface area (Å²) < 4.78 is 13.3. The Bertz CT molecular complexity index is 856. The van der Waals surface area contributed by atoms with Crippen molar-refractivity contribution in [3.8, 4) is 0 Å². The molecule has 0 spiro atoms. The van der Waals surface area contributed by atoms with Crippen LogP contribution in [0, 0.1) is 5.82 Å². The monoisotopic (exact) mass is 366 g/mol. The second-order valence-electron chi connectivity index (χ2n) is 6.17. The summed E-state index contributed by atoms with van der Waals surface area (Å²) in [5.41, 5.74) is 3.16. The Hall–Kier alpha value is -3.15. The molecule has 0 radical (unpaired) electrons. The van der Waals surface area contributed by atoms with Crippen LogP contribution >= 0.6 is 0 Å². The average Bonchev–Trinajstić information content (AvgIpc) is 3.23. The number of hydrogen-bond donors (Lipinski definition) is 1. The minimum atomic E-state index is -0.337. The third-order valence-corrected chi connectivity index (χ3v) is 4.52. The lowest BCUT2D eigenvalue weighted by Gasteiger charge is -2.24. The number of benzene rings is 2. The van der Waals surface area contributed by atoms with Crippen LogP contribution in [0.5, 0.6) is 0 Å². The van der Waals surface area contributed by atoms with Gasteiger partial charge in [0.2, 0.25) is 0 Å². The van der Waals surface area contributed by atoms with Crippen LogP contribution < -0.4 is 9.80 Å². The zero-order valence-corrected chi connectivity index (χ0v) is 15.5. The third-order valence-electron chi connectivity index (χ3n) is 4.52. The Balaban J connectivity index is 1.87. The fourth-order valence-corrected chi connectivity index (χ4v) is 3.00. The lowest BCUT2D eigenvalue weighted by Crippen LogP contribution is -2.30. The first kappa shape index (κ1) is 18.6. The second-order valence-corrected chi connectivity index (χ2v) is 6.17. The molecular formula is C21H23FN4O. The molecule has 3 rings (SSSR count). The Morgan fingerprint density at radius 2 is 1.63 bits per heavy atom. The highest BCUT2D eigenvalue weighted by atomic mass is 19.1. The Morgan fingerprint density at radius 3 is 2.19 bits per heavy atom. The summed E-state index contributed by atoms with van der Waals surface area (Å²) in [6.07, 6.45) is 2.96. The molecule has 0 saturated carbocycles. The van der Waals surface area contributed by atoms with Crippen LogP contribution in [0.4, 0.5) is 15.8 Å². The molecule has 27 heavy (non-hydrogen) atoms. The van der Waals surface area contributed by atoms with E-state index in [4.69, 9.17) is 0 Å². The SMILES string of the molecule is CCN(CC)c1ccc(CN(C(=O)c2cnc[nH]2)c2ccc(F)cc2)cc1. The quantitative estimate of drug-likeness (QED) is 0.680. The molecule has 0 atom stereocenters. The van der Waals surface area contributed by atoms with Gasteiger partial charge in [0.15, 0.2) is 0 Å². The number of nitrogens with zero attached hydrogens (tertiary/aromatic N) is 3. The summed E-state index contributed by atoms with van der Waals surface area (Å²) >= 11 is 0. The van der Waals surface area contributed by atoms with Gasteiger partial charge in [-0.3, -0.25) is 4.79 Å². The number of amides is 1. The van der Waals surface area contributed by atoms with Crippen molar-refractivity contribution in [2.45, 2.75) is 20.4 Å². The van der Waals surface area contributed by atoms with E-state index in [2.05, 4.69) is 40.8 Å². The molecule has 5 nitrogen and oxygen atoms in total. The predicted octanol–water partition coefficient (Wildman–Crippen LogP) is 4.24. The number of aromatic nitrogens is 2. The molecule has 1 heterocycles. The molecule has 0 fully saturated rings. The molecule has 1 amide bonds. The van der Waals surface area contributed by atoms with E-state index in [1.165, 1.54) is 24.7 Å². The number of anilines is 2. The van der Waals surface area contributed by atoms with E-state index in [9.17, 15) is 9.18 Å². The fourth-order valence-electron chi connectivity index (χ4n) is 3.00. The lowest BCUT2D eigenvalue weighted by molar-refractivity contribution is 0.0981. The van der Waals surface area contributed by atoms with E-state index in [0.717, 1.165) is 24.3 Å². The highest BCUT2D eigenvalue weighted by molar-refractivity contribution is 6.04. The number of rotatable bonds is 7.